The number of hydrogen-bond acceptors (Lipinski definition) is 4. The van der Waals surface area contributed by atoms with Crippen LogP contribution >= 0.6 is 0 Å². The second-order valence-corrected chi connectivity index (χ2v) is 6.02. The van der Waals surface area contributed by atoms with E-state index < -0.39 is 0 Å². The molecule has 18 heavy (non-hydrogen) atoms. The Morgan fingerprint density at radius 3 is 2.61 bits per heavy atom. The maximum absolute atomic E-state index is 5.94. The van der Waals surface area contributed by atoms with Crippen molar-refractivity contribution in [3.8, 4) is 0 Å². The van der Waals surface area contributed by atoms with Crippen molar-refractivity contribution in [1.29, 1.82) is 0 Å². The molecule has 1 atom stereocenters. The van der Waals surface area contributed by atoms with E-state index in [1.165, 1.54) is 6.42 Å². The van der Waals surface area contributed by atoms with Crippen LogP contribution < -0.4 is 11.1 Å². The Hall–Kier alpha value is -1.32. The summed E-state index contributed by atoms with van der Waals surface area (Å²) in [6, 6.07) is 0. The Labute approximate surface area is 109 Å². The molecule has 0 spiro atoms. The standard InChI is InChI=1S/C14H24N4/c1-5-6-11-17-12(15)9(2)13(18-11)16-8-10-7-14(10,3)4/h10H,5-8H2,1-4H3,(H3,15,16,17,18). The molecule has 0 amide bonds. The minimum absolute atomic E-state index is 0.492. The third-order valence-corrected chi connectivity index (χ3v) is 3.94. The van der Waals surface area contributed by atoms with Gasteiger partial charge in [-0.1, -0.05) is 20.8 Å². The predicted molar refractivity (Wildman–Crippen MR) is 75.6 cm³/mol. The third-order valence-electron chi connectivity index (χ3n) is 3.94. The summed E-state index contributed by atoms with van der Waals surface area (Å²) in [7, 11) is 0. The maximum atomic E-state index is 5.94. The summed E-state index contributed by atoms with van der Waals surface area (Å²) in [5.41, 5.74) is 7.39. The van der Waals surface area contributed by atoms with E-state index in [9.17, 15) is 0 Å². The van der Waals surface area contributed by atoms with Gasteiger partial charge in [-0.25, -0.2) is 9.97 Å². The van der Waals surface area contributed by atoms with Crippen molar-refractivity contribution in [2.75, 3.05) is 17.6 Å². The number of rotatable bonds is 5. The molecule has 3 N–H and O–H groups in total. The van der Waals surface area contributed by atoms with E-state index in [1.807, 2.05) is 6.92 Å². The van der Waals surface area contributed by atoms with Gasteiger partial charge in [0.1, 0.15) is 17.5 Å². The summed E-state index contributed by atoms with van der Waals surface area (Å²) in [5, 5.41) is 3.44. The van der Waals surface area contributed by atoms with Crippen LogP contribution in [0.3, 0.4) is 0 Å². The Bertz CT molecular complexity index is 440. The van der Waals surface area contributed by atoms with Crippen LogP contribution in [0.4, 0.5) is 11.6 Å². The SMILES string of the molecule is CCCc1nc(N)c(C)c(NCC2CC2(C)C)n1. The number of nitrogens with two attached hydrogens (primary N) is 1. The Kier molecular flexibility index (Phi) is 3.46. The Morgan fingerprint density at radius 1 is 1.39 bits per heavy atom. The zero-order valence-corrected chi connectivity index (χ0v) is 11.9. The number of nitrogens with one attached hydrogen (secondary N) is 1. The number of nitrogens with zero attached hydrogens (tertiary/aromatic N) is 2. The predicted octanol–water partition coefficient (Wildman–Crippen LogP) is 2.78. The van der Waals surface area contributed by atoms with Gasteiger partial charge in [0.2, 0.25) is 0 Å². The Morgan fingerprint density at radius 2 is 2.06 bits per heavy atom. The fraction of sp³-hybridized carbons (Fsp3) is 0.714. The van der Waals surface area contributed by atoms with Crippen molar-refractivity contribution < 1.29 is 0 Å². The molecule has 1 unspecified atom stereocenters. The number of hydrogen-bond donors (Lipinski definition) is 2. The van der Waals surface area contributed by atoms with Gasteiger partial charge in [0.05, 0.1) is 0 Å². The van der Waals surface area contributed by atoms with Gasteiger partial charge >= 0.3 is 0 Å². The van der Waals surface area contributed by atoms with E-state index in [2.05, 4.69) is 36.1 Å². The largest absolute Gasteiger partial charge is 0.383 e. The van der Waals surface area contributed by atoms with Crippen LogP contribution in [-0.4, -0.2) is 16.5 Å². The summed E-state index contributed by atoms with van der Waals surface area (Å²) in [4.78, 5) is 8.89. The monoisotopic (exact) mass is 248 g/mol. The third kappa shape index (κ3) is 2.74. The van der Waals surface area contributed by atoms with E-state index in [4.69, 9.17) is 5.73 Å². The topological polar surface area (TPSA) is 63.8 Å². The summed E-state index contributed by atoms with van der Waals surface area (Å²) in [5.74, 6) is 3.11. The lowest BCUT2D eigenvalue weighted by Crippen LogP contribution is -2.13. The maximum Gasteiger partial charge on any atom is 0.134 e. The van der Waals surface area contributed by atoms with Gasteiger partial charge in [-0.05, 0) is 31.1 Å². The highest BCUT2D eigenvalue weighted by molar-refractivity contribution is 5.54. The van der Waals surface area contributed by atoms with E-state index in [1.54, 1.807) is 0 Å². The van der Waals surface area contributed by atoms with Crippen molar-refractivity contribution in [3.05, 3.63) is 11.4 Å². The molecular formula is C14H24N4. The van der Waals surface area contributed by atoms with Crippen molar-refractivity contribution in [2.45, 2.75) is 47.0 Å². The van der Waals surface area contributed by atoms with Gasteiger partial charge in [0, 0.05) is 18.5 Å². The van der Waals surface area contributed by atoms with Gasteiger partial charge < -0.3 is 11.1 Å². The van der Waals surface area contributed by atoms with Crippen LogP contribution in [0, 0.1) is 18.3 Å². The Balaban J connectivity index is 2.06. The zero-order chi connectivity index (χ0) is 13.3. The molecular weight excluding hydrogens is 224 g/mol. The molecule has 1 aromatic heterocycles. The number of nitrogen functional groups attached to an aromatic ring is 1. The molecule has 4 nitrogen and oxygen atoms in total. The second kappa shape index (κ2) is 4.75. The van der Waals surface area contributed by atoms with Gasteiger partial charge in [-0.2, -0.15) is 0 Å². The highest BCUT2D eigenvalue weighted by Gasteiger charge is 2.45. The molecule has 1 aliphatic rings. The lowest BCUT2D eigenvalue weighted by Gasteiger charge is -2.12. The number of anilines is 2. The van der Waals surface area contributed by atoms with E-state index >= 15 is 0 Å². The minimum atomic E-state index is 0.492. The normalized spacial score (nSPS) is 20.8. The number of aryl methyl sites for hydroxylation is 1. The van der Waals surface area contributed by atoms with Crippen molar-refractivity contribution in [3.63, 3.8) is 0 Å². The van der Waals surface area contributed by atoms with Gasteiger partial charge in [-0.3, -0.25) is 0 Å². The zero-order valence-electron chi connectivity index (χ0n) is 11.9. The van der Waals surface area contributed by atoms with E-state index in [-0.39, 0.29) is 0 Å². The van der Waals surface area contributed by atoms with Crippen LogP contribution in [0.25, 0.3) is 0 Å². The van der Waals surface area contributed by atoms with Crippen molar-refractivity contribution in [1.82, 2.24) is 9.97 Å². The minimum Gasteiger partial charge on any atom is -0.383 e. The molecule has 1 aromatic rings. The highest BCUT2D eigenvalue weighted by atomic mass is 15.1. The molecule has 0 radical (unpaired) electrons. The molecule has 0 aliphatic heterocycles. The molecule has 1 aliphatic carbocycles. The van der Waals surface area contributed by atoms with Gasteiger partial charge in [0.25, 0.3) is 0 Å². The smallest absolute Gasteiger partial charge is 0.134 e. The summed E-state index contributed by atoms with van der Waals surface area (Å²) in [6.45, 7) is 9.70. The van der Waals surface area contributed by atoms with Gasteiger partial charge in [-0.15, -0.1) is 0 Å². The van der Waals surface area contributed by atoms with Crippen LogP contribution in [0.15, 0.2) is 0 Å². The summed E-state index contributed by atoms with van der Waals surface area (Å²) in [6.07, 6.45) is 3.22. The van der Waals surface area contributed by atoms with Crippen LogP contribution in [-0.2, 0) is 6.42 Å². The molecule has 100 valence electrons. The van der Waals surface area contributed by atoms with Crippen LogP contribution in [0.1, 0.15) is 45.0 Å². The molecule has 2 rings (SSSR count). The average molecular weight is 248 g/mol. The first kappa shape index (κ1) is 13.1. The molecule has 1 fully saturated rings. The van der Waals surface area contributed by atoms with Crippen molar-refractivity contribution in [2.24, 2.45) is 11.3 Å². The number of aromatic nitrogens is 2. The van der Waals surface area contributed by atoms with Crippen LogP contribution in [0.2, 0.25) is 0 Å². The first-order valence-electron chi connectivity index (χ1n) is 6.81. The van der Waals surface area contributed by atoms with Crippen molar-refractivity contribution >= 4 is 11.6 Å². The molecule has 1 saturated carbocycles. The fourth-order valence-electron chi connectivity index (χ4n) is 2.23. The quantitative estimate of drug-likeness (QED) is 0.841. The molecule has 0 bridgehead atoms. The molecule has 1 heterocycles. The highest BCUT2D eigenvalue weighted by Crippen LogP contribution is 2.51. The average Bonchev–Trinajstić information content (AvgIpc) is 2.90. The second-order valence-electron chi connectivity index (χ2n) is 6.02. The molecule has 0 aromatic carbocycles. The summed E-state index contributed by atoms with van der Waals surface area (Å²) >= 11 is 0. The van der Waals surface area contributed by atoms with Crippen LogP contribution in [0.5, 0.6) is 0 Å². The first-order valence-corrected chi connectivity index (χ1v) is 6.81. The summed E-state index contributed by atoms with van der Waals surface area (Å²) < 4.78 is 0. The van der Waals surface area contributed by atoms with E-state index in [0.29, 0.717) is 11.2 Å². The van der Waals surface area contributed by atoms with Gasteiger partial charge in [0.15, 0.2) is 0 Å². The molecule has 4 heteroatoms. The van der Waals surface area contributed by atoms with E-state index in [0.717, 1.165) is 42.5 Å². The molecule has 0 saturated heterocycles. The lowest BCUT2D eigenvalue weighted by atomic mass is 10.1. The lowest BCUT2D eigenvalue weighted by molar-refractivity contribution is 0.572. The first-order chi connectivity index (χ1) is 8.44. The fourth-order valence-corrected chi connectivity index (χ4v) is 2.23.